The highest BCUT2D eigenvalue weighted by Gasteiger charge is 2.17. The highest BCUT2D eigenvalue weighted by atomic mass is 19.1. The van der Waals surface area contributed by atoms with Crippen LogP contribution in [-0.2, 0) is 0 Å². The molecule has 49 heavy (non-hydrogen) atoms. The van der Waals surface area contributed by atoms with Crippen molar-refractivity contribution in [3.05, 3.63) is 175 Å². The van der Waals surface area contributed by atoms with Crippen LogP contribution in [0.25, 0.3) is 71.3 Å². The summed E-state index contributed by atoms with van der Waals surface area (Å²) in [5.41, 5.74) is 15.5. The van der Waals surface area contributed by atoms with E-state index in [-0.39, 0.29) is 0 Å². The van der Waals surface area contributed by atoms with Crippen LogP contribution in [0.15, 0.2) is 175 Å². The summed E-state index contributed by atoms with van der Waals surface area (Å²) < 4.78 is 18.7. The fourth-order valence-corrected chi connectivity index (χ4v) is 7.13. The topological polar surface area (TPSA) is 43.3 Å². The van der Waals surface area contributed by atoms with Crippen molar-refractivity contribution in [2.45, 2.75) is 0 Å². The summed E-state index contributed by atoms with van der Waals surface area (Å²) in [6.07, 6.45) is 0. The average Bonchev–Trinajstić information content (AvgIpc) is 3.51. The van der Waals surface area contributed by atoms with Gasteiger partial charge in [-0.1, -0.05) is 133 Å². The molecule has 0 saturated carbocycles. The summed E-state index contributed by atoms with van der Waals surface area (Å²) in [7, 11) is 0. The molecule has 0 unspecified atom stereocenters. The lowest BCUT2D eigenvalue weighted by molar-refractivity contribution is 0.808. The van der Waals surface area contributed by atoms with E-state index >= 15 is 4.39 Å². The van der Waals surface area contributed by atoms with Gasteiger partial charge in [-0.05, 0) is 69.4 Å². The predicted molar refractivity (Wildman–Crippen MR) is 205 cm³/mol. The Morgan fingerprint density at radius 2 is 0.980 bits per heavy atom. The third kappa shape index (κ3) is 4.85. The van der Waals surface area contributed by atoms with Gasteiger partial charge < -0.3 is 10.3 Å². The number of halogens is 1. The Bertz CT molecular complexity index is 2670. The molecular formula is C45H30FN3. The number of nitrogens with zero attached hydrogens (tertiary/aromatic N) is 2. The van der Waals surface area contributed by atoms with Crippen LogP contribution in [0, 0.1) is 0 Å². The molecule has 0 atom stereocenters. The van der Waals surface area contributed by atoms with Crippen molar-refractivity contribution in [3.8, 4) is 27.9 Å². The second-order valence-electron chi connectivity index (χ2n) is 12.3. The molecule has 0 spiro atoms. The summed E-state index contributed by atoms with van der Waals surface area (Å²) >= 11 is 0. The molecule has 9 rings (SSSR count). The van der Waals surface area contributed by atoms with Crippen LogP contribution in [0.5, 0.6) is 0 Å². The third-order valence-corrected chi connectivity index (χ3v) is 9.48. The first-order valence-electron chi connectivity index (χ1n) is 16.4. The van der Waals surface area contributed by atoms with E-state index in [1.807, 2.05) is 91.0 Å². The molecule has 2 N–H and O–H groups in total. The monoisotopic (exact) mass is 631 g/mol. The number of aliphatic imine (C=N–C) groups is 1. The minimum absolute atomic E-state index is 0.382. The number of fused-ring (bicyclic) bond motifs is 6. The molecule has 0 aliphatic carbocycles. The van der Waals surface area contributed by atoms with E-state index in [0.717, 1.165) is 71.3 Å². The number of aromatic nitrogens is 1. The van der Waals surface area contributed by atoms with E-state index in [0.29, 0.717) is 16.9 Å². The van der Waals surface area contributed by atoms with E-state index in [1.165, 1.54) is 0 Å². The normalized spacial score (nSPS) is 12.0. The summed E-state index contributed by atoms with van der Waals surface area (Å²) in [5.74, 6) is -0.594. The van der Waals surface area contributed by atoms with Gasteiger partial charge in [0.25, 0.3) is 0 Å². The van der Waals surface area contributed by atoms with Gasteiger partial charge in [0.15, 0.2) is 0 Å². The summed E-state index contributed by atoms with van der Waals surface area (Å²) in [5, 5.41) is 5.90. The highest BCUT2D eigenvalue weighted by molar-refractivity contribution is 6.21. The minimum Gasteiger partial charge on any atom is -0.396 e. The van der Waals surface area contributed by atoms with E-state index in [2.05, 4.69) is 82.4 Å². The number of rotatable bonds is 5. The molecule has 1 heterocycles. The fraction of sp³-hybridized carbons (Fsp3) is 0. The predicted octanol–water partition coefficient (Wildman–Crippen LogP) is 12.1. The zero-order chi connectivity index (χ0) is 32.9. The van der Waals surface area contributed by atoms with E-state index in [1.54, 1.807) is 6.07 Å². The fourth-order valence-electron chi connectivity index (χ4n) is 7.13. The van der Waals surface area contributed by atoms with Gasteiger partial charge in [0.2, 0.25) is 5.97 Å². The number of benzene rings is 8. The Morgan fingerprint density at radius 1 is 0.449 bits per heavy atom. The quantitative estimate of drug-likeness (QED) is 0.115. The van der Waals surface area contributed by atoms with E-state index < -0.39 is 5.97 Å². The van der Waals surface area contributed by atoms with Crippen LogP contribution in [0.3, 0.4) is 0 Å². The first-order valence-corrected chi connectivity index (χ1v) is 16.4. The number of hydrogen-bond donors (Lipinski definition) is 1. The number of nitrogen functional groups attached to an aromatic ring is 1. The Labute approximate surface area is 283 Å². The summed E-state index contributed by atoms with van der Waals surface area (Å²) in [6, 6.07) is 57.2. The second kappa shape index (κ2) is 11.6. The number of hydrogen-bond acceptors (Lipinski definition) is 2. The smallest absolute Gasteiger partial charge is 0.220 e. The molecule has 4 heteroatoms. The Kier molecular flexibility index (Phi) is 6.80. The van der Waals surface area contributed by atoms with Crippen molar-refractivity contribution in [1.82, 2.24) is 4.57 Å². The molecule has 0 amide bonds. The molecule has 0 radical (unpaired) electrons. The van der Waals surface area contributed by atoms with Crippen molar-refractivity contribution in [3.63, 3.8) is 0 Å². The highest BCUT2D eigenvalue weighted by Crippen LogP contribution is 2.43. The Morgan fingerprint density at radius 3 is 1.59 bits per heavy atom. The van der Waals surface area contributed by atoms with Crippen molar-refractivity contribution in [2.75, 3.05) is 5.73 Å². The van der Waals surface area contributed by atoms with Crippen LogP contribution in [0.1, 0.15) is 5.56 Å². The van der Waals surface area contributed by atoms with Crippen LogP contribution < -0.4 is 5.73 Å². The summed E-state index contributed by atoms with van der Waals surface area (Å²) in [4.78, 5) is 4.65. The minimum atomic E-state index is -0.594. The molecule has 0 aliphatic heterocycles. The molecule has 0 saturated heterocycles. The van der Waals surface area contributed by atoms with Gasteiger partial charge in [-0.2, -0.15) is 4.39 Å². The maximum absolute atomic E-state index is 16.5. The largest absolute Gasteiger partial charge is 0.396 e. The standard InChI is InChI=1S/C45H30FN3/c46-45(33-16-11-17-34(26-33)49-41-20-9-7-18-35(41)36-19-8-10-21-42(36)49)48-44-38-25-23-32(30-14-5-2-6-15-30)28-40(38)39-27-31(22-24-37(39)43(44)47)29-12-3-1-4-13-29/h1-28H,47H2. The van der Waals surface area contributed by atoms with Crippen LogP contribution >= 0.6 is 0 Å². The van der Waals surface area contributed by atoms with Crippen LogP contribution in [0.4, 0.5) is 15.8 Å². The maximum atomic E-state index is 16.5. The lowest BCUT2D eigenvalue weighted by atomic mass is 9.92. The third-order valence-electron chi connectivity index (χ3n) is 9.48. The first-order chi connectivity index (χ1) is 24.1. The van der Waals surface area contributed by atoms with Gasteiger partial charge in [0.1, 0.15) is 0 Å². The summed E-state index contributed by atoms with van der Waals surface area (Å²) in [6.45, 7) is 0. The number of anilines is 1. The Balaban J connectivity index is 1.23. The number of nitrogens with two attached hydrogens (primary N) is 1. The molecule has 9 aromatic rings. The SMILES string of the molecule is Nc1c(N=C(F)c2cccc(-n3c4ccccc4c4ccccc43)c2)c2ccc(-c3ccccc3)cc2c2cc(-c3ccccc3)ccc12. The molecule has 0 bridgehead atoms. The van der Waals surface area contributed by atoms with Gasteiger partial charge in [0.05, 0.1) is 22.4 Å². The van der Waals surface area contributed by atoms with E-state index in [9.17, 15) is 0 Å². The first kappa shape index (κ1) is 28.7. The van der Waals surface area contributed by atoms with E-state index in [4.69, 9.17) is 5.73 Å². The van der Waals surface area contributed by atoms with Crippen LogP contribution in [-0.4, -0.2) is 10.5 Å². The van der Waals surface area contributed by atoms with Crippen molar-refractivity contribution in [1.29, 1.82) is 0 Å². The van der Waals surface area contributed by atoms with Gasteiger partial charge in [-0.15, -0.1) is 0 Å². The molecule has 0 fully saturated rings. The molecule has 232 valence electrons. The van der Waals surface area contributed by atoms with Crippen molar-refractivity contribution < 1.29 is 4.39 Å². The molecule has 8 aromatic carbocycles. The lowest BCUT2D eigenvalue weighted by Gasteiger charge is -2.15. The van der Waals surface area contributed by atoms with Gasteiger partial charge >= 0.3 is 0 Å². The van der Waals surface area contributed by atoms with Gasteiger partial charge in [-0.25, -0.2) is 4.99 Å². The van der Waals surface area contributed by atoms with Crippen LogP contribution in [0.2, 0.25) is 0 Å². The zero-order valence-electron chi connectivity index (χ0n) is 26.5. The van der Waals surface area contributed by atoms with Gasteiger partial charge in [0, 0.05) is 32.8 Å². The molecule has 1 aromatic heterocycles. The van der Waals surface area contributed by atoms with Crippen molar-refractivity contribution >= 4 is 60.7 Å². The molecule has 3 nitrogen and oxygen atoms in total. The molecular weight excluding hydrogens is 602 g/mol. The average molecular weight is 632 g/mol. The maximum Gasteiger partial charge on any atom is 0.220 e. The zero-order valence-corrected chi connectivity index (χ0v) is 26.5. The lowest BCUT2D eigenvalue weighted by Crippen LogP contribution is -1.99. The van der Waals surface area contributed by atoms with Gasteiger partial charge in [-0.3, -0.25) is 0 Å². The van der Waals surface area contributed by atoms with Crippen molar-refractivity contribution in [2.24, 2.45) is 4.99 Å². The molecule has 0 aliphatic rings. The second-order valence-corrected chi connectivity index (χ2v) is 12.3. The number of para-hydroxylation sites is 2. The Hall–Kier alpha value is -6.52.